The molecule has 0 unspecified atom stereocenters. The van der Waals surface area contributed by atoms with Crippen LogP contribution < -0.4 is 4.74 Å². The van der Waals surface area contributed by atoms with Gasteiger partial charge in [0, 0.05) is 9.13 Å². The molecule has 0 saturated carbocycles. The summed E-state index contributed by atoms with van der Waals surface area (Å²) in [6.07, 6.45) is 0. The smallest absolute Gasteiger partial charge is 0.174 e. The van der Waals surface area contributed by atoms with Gasteiger partial charge in [-0.3, -0.25) is 4.79 Å². The van der Waals surface area contributed by atoms with Crippen LogP contribution in [0, 0.1) is 3.57 Å². The molecule has 2 nitrogen and oxygen atoms in total. The summed E-state index contributed by atoms with van der Waals surface area (Å²) in [5, 5.41) is 0.821. The zero-order valence-electron chi connectivity index (χ0n) is 7.31. The van der Waals surface area contributed by atoms with Gasteiger partial charge in [0.25, 0.3) is 0 Å². The number of ketones is 1. The zero-order chi connectivity index (χ0) is 10.7. The largest absolute Gasteiger partial charge is 0.497 e. The number of halogens is 3. The van der Waals surface area contributed by atoms with Crippen molar-refractivity contribution in [3.8, 4) is 5.75 Å². The molecule has 0 radical (unpaired) electrons. The van der Waals surface area contributed by atoms with Gasteiger partial charge in [0.15, 0.2) is 5.78 Å². The molecule has 14 heavy (non-hydrogen) atoms. The summed E-state index contributed by atoms with van der Waals surface area (Å²) in [7, 11) is 1.54. The lowest BCUT2D eigenvalue weighted by molar-refractivity contribution is 0.102. The van der Waals surface area contributed by atoms with Crippen LogP contribution in [0.5, 0.6) is 5.75 Å². The number of hydrogen-bond donors (Lipinski definition) is 0. The van der Waals surface area contributed by atoms with Crippen molar-refractivity contribution in [1.82, 2.24) is 0 Å². The third kappa shape index (κ3) is 2.61. The molecule has 1 aromatic carbocycles. The lowest BCUT2D eigenvalue weighted by atomic mass is 10.1. The van der Waals surface area contributed by atoms with Crippen molar-refractivity contribution in [2.45, 2.75) is 0 Å². The van der Waals surface area contributed by atoms with Gasteiger partial charge in [0.05, 0.1) is 17.5 Å². The van der Waals surface area contributed by atoms with Crippen molar-refractivity contribution in [1.29, 1.82) is 0 Å². The predicted octanol–water partition coefficient (Wildman–Crippen LogP) is 3.53. The molecule has 0 aliphatic heterocycles. The molecule has 1 aromatic rings. The van der Waals surface area contributed by atoms with Gasteiger partial charge in [-0.1, -0.05) is 27.5 Å². The van der Waals surface area contributed by atoms with Crippen LogP contribution in [-0.4, -0.2) is 18.2 Å². The van der Waals surface area contributed by atoms with Crippen molar-refractivity contribution in [3.63, 3.8) is 0 Å². The molecule has 0 fully saturated rings. The van der Waals surface area contributed by atoms with Gasteiger partial charge < -0.3 is 4.74 Å². The Morgan fingerprint density at radius 2 is 2.29 bits per heavy atom. The summed E-state index contributed by atoms with van der Waals surface area (Å²) in [5.74, 6) is 0.593. The number of carbonyl (C=O) groups excluding carboxylic acids is 1. The first-order chi connectivity index (χ1) is 6.60. The van der Waals surface area contributed by atoms with Crippen LogP contribution in [0.4, 0.5) is 0 Å². The predicted molar refractivity (Wildman–Crippen MR) is 68.8 cm³/mol. The van der Waals surface area contributed by atoms with Crippen molar-refractivity contribution in [2.75, 3.05) is 12.4 Å². The Morgan fingerprint density at radius 3 is 2.79 bits per heavy atom. The molecule has 0 bridgehead atoms. The molecule has 0 amide bonds. The molecule has 0 heterocycles. The Balaban J connectivity index is 3.27. The number of alkyl halides is 1. The molecule has 0 atom stereocenters. The molecule has 0 N–H and O–H groups in total. The number of ether oxygens (including phenoxy) is 1. The van der Waals surface area contributed by atoms with Crippen molar-refractivity contribution in [3.05, 3.63) is 26.3 Å². The SMILES string of the molecule is COc1cc(Cl)c(I)c(C(=O)CBr)c1. The average Bonchev–Trinajstić information content (AvgIpc) is 2.20. The lowest BCUT2D eigenvalue weighted by Crippen LogP contribution is -2.03. The van der Waals surface area contributed by atoms with Crippen molar-refractivity contribution >= 4 is 55.9 Å². The minimum Gasteiger partial charge on any atom is -0.497 e. The van der Waals surface area contributed by atoms with Crippen molar-refractivity contribution < 1.29 is 9.53 Å². The maximum Gasteiger partial charge on any atom is 0.174 e. The standard InChI is InChI=1S/C9H7BrClIO2/c1-14-5-2-6(8(13)4-10)9(12)7(11)3-5/h2-3H,4H2,1H3. The second kappa shape index (κ2) is 5.32. The highest BCUT2D eigenvalue weighted by Gasteiger charge is 2.13. The molecule has 0 aliphatic carbocycles. The van der Waals surface area contributed by atoms with Crippen LogP contribution in [0.25, 0.3) is 0 Å². The molecule has 0 saturated heterocycles. The number of Topliss-reactive ketones (excluding diaryl/α,β-unsaturated/α-hetero) is 1. The molecule has 0 aliphatic rings. The number of benzene rings is 1. The molecule has 5 heteroatoms. The monoisotopic (exact) mass is 388 g/mol. The van der Waals surface area contributed by atoms with E-state index >= 15 is 0 Å². The fraction of sp³-hybridized carbons (Fsp3) is 0.222. The van der Waals surface area contributed by atoms with Gasteiger partial charge in [-0.25, -0.2) is 0 Å². The highest BCUT2D eigenvalue weighted by Crippen LogP contribution is 2.28. The van der Waals surface area contributed by atoms with Crippen LogP contribution in [0.15, 0.2) is 12.1 Å². The summed E-state index contributed by atoms with van der Waals surface area (Å²) in [4.78, 5) is 11.5. The fourth-order valence-corrected chi connectivity index (χ4v) is 2.08. The van der Waals surface area contributed by atoms with Gasteiger partial charge in [-0.05, 0) is 34.7 Å². The third-order valence-corrected chi connectivity index (χ3v) is 3.95. The van der Waals surface area contributed by atoms with Gasteiger partial charge in [0.2, 0.25) is 0 Å². The van der Waals surface area contributed by atoms with E-state index in [2.05, 4.69) is 15.9 Å². The number of rotatable bonds is 3. The lowest BCUT2D eigenvalue weighted by Gasteiger charge is -2.07. The summed E-state index contributed by atoms with van der Waals surface area (Å²) in [6.45, 7) is 0. The Bertz CT molecular complexity index is 368. The van der Waals surface area contributed by atoms with Gasteiger partial charge in [-0.2, -0.15) is 0 Å². The van der Waals surface area contributed by atoms with E-state index in [1.807, 2.05) is 22.6 Å². The van der Waals surface area contributed by atoms with Gasteiger partial charge in [-0.15, -0.1) is 0 Å². The Hall–Kier alpha value is 0.190. The average molecular weight is 389 g/mol. The first-order valence-corrected chi connectivity index (χ1v) is 6.30. The quantitative estimate of drug-likeness (QED) is 0.449. The van der Waals surface area contributed by atoms with E-state index in [0.717, 1.165) is 3.57 Å². The fourth-order valence-electron chi connectivity index (χ4n) is 0.957. The summed E-state index contributed by atoms with van der Waals surface area (Å²) in [6, 6.07) is 3.38. The number of methoxy groups -OCH3 is 1. The van der Waals surface area contributed by atoms with Gasteiger partial charge in [0.1, 0.15) is 5.75 Å². The maximum atomic E-state index is 11.5. The molecule has 0 spiro atoms. The zero-order valence-corrected chi connectivity index (χ0v) is 11.8. The van der Waals surface area contributed by atoms with E-state index in [-0.39, 0.29) is 11.1 Å². The summed E-state index contributed by atoms with van der Waals surface area (Å²) >= 11 is 11.1. The molecular weight excluding hydrogens is 382 g/mol. The first kappa shape index (κ1) is 12.3. The minimum atomic E-state index is -0.00444. The number of hydrogen-bond acceptors (Lipinski definition) is 2. The molecule has 0 aromatic heterocycles. The second-order valence-corrected chi connectivity index (χ2v) is 4.57. The Morgan fingerprint density at radius 1 is 1.64 bits per heavy atom. The normalized spacial score (nSPS) is 10.0. The van der Waals surface area contributed by atoms with Crippen LogP contribution in [-0.2, 0) is 0 Å². The van der Waals surface area contributed by atoms with Crippen LogP contribution >= 0.6 is 50.1 Å². The Labute approximate surface area is 109 Å². The van der Waals surface area contributed by atoms with Crippen LogP contribution in [0.2, 0.25) is 5.02 Å². The minimum absolute atomic E-state index is 0.00444. The first-order valence-electron chi connectivity index (χ1n) is 3.72. The van der Waals surface area contributed by atoms with Crippen LogP contribution in [0.3, 0.4) is 0 Å². The topological polar surface area (TPSA) is 26.3 Å². The van der Waals surface area contributed by atoms with Crippen LogP contribution in [0.1, 0.15) is 10.4 Å². The van der Waals surface area contributed by atoms with Gasteiger partial charge >= 0.3 is 0 Å². The van der Waals surface area contributed by atoms with Crippen molar-refractivity contribution in [2.24, 2.45) is 0 Å². The number of carbonyl (C=O) groups is 1. The summed E-state index contributed by atoms with van der Waals surface area (Å²) in [5.41, 5.74) is 0.590. The second-order valence-electron chi connectivity index (χ2n) is 2.53. The molecule has 1 rings (SSSR count). The van der Waals surface area contributed by atoms with E-state index in [4.69, 9.17) is 16.3 Å². The highest BCUT2D eigenvalue weighted by atomic mass is 127. The van der Waals surface area contributed by atoms with E-state index < -0.39 is 0 Å². The highest BCUT2D eigenvalue weighted by molar-refractivity contribution is 14.1. The molecular formula is C9H7BrClIO2. The summed E-state index contributed by atoms with van der Waals surface area (Å²) < 4.78 is 5.79. The Kier molecular flexibility index (Phi) is 4.66. The molecule has 76 valence electrons. The van der Waals surface area contributed by atoms with E-state index in [0.29, 0.717) is 16.3 Å². The van der Waals surface area contributed by atoms with E-state index in [1.54, 1.807) is 19.2 Å². The van der Waals surface area contributed by atoms with E-state index in [9.17, 15) is 4.79 Å². The van der Waals surface area contributed by atoms with E-state index in [1.165, 1.54) is 0 Å². The third-order valence-electron chi connectivity index (χ3n) is 1.66. The maximum absolute atomic E-state index is 11.5.